The molecule has 3 N–H and O–H groups in total. The van der Waals surface area contributed by atoms with Crippen LogP contribution in [0.1, 0.15) is 57.8 Å². The second-order valence-electron chi connectivity index (χ2n) is 11.7. The molecule has 1 aliphatic heterocycles. The summed E-state index contributed by atoms with van der Waals surface area (Å²) >= 11 is 9.69. The van der Waals surface area contributed by atoms with E-state index in [-0.39, 0.29) is 27.9 Å². The van der Waals surface area contributed by atoms with Gasteiger partial charge in [-0.2, -0.15) is 18.6 Å². The number of benzene rings is 2. The number of halogens is 7. The maximum Gasteiger partial charge on any atom is 0.407 e. The predicted molar refractivity (Wildman–Crippen MR) is 163 cm³/mol. The maximum atomic E-state index is 15.3. The molecule has 0 fully saturated rings. The Morgan fingerprint density at radius 2 is 1.78 bits per heavy atom. The fourth-order valence-electron chi connectivity index (χ4n) is 4.98. The molecule has 10 nitrogen and oxygen atoms in total. The van der Waals surface area contributed by atoms with Crippen LogP contribution in [0.3, 0.4) is 0 Å². The van der Waals surface area contributed by atoms with E-state index >= 15 is 4.39 Å². The van der Waals surface area contributed by atoms with Crippen molar-refractivity contribution in [1.82, 2.24) is 25.0 Å². The van der Waals surface area contributed by atoms with Gasteiger partial charge in [0, 0.05) is 16.5 Å². The highest BCUT2D eigenvalue weighted by molar-refractivity contribution is 9.10. The summed E-state index contributed by atoms with van der Waals surface area (Å²) in [6, 6.07) is 9.20. The first kappa shape index (κ1) is 35.1. The summed E-state index contributed by atoms with van der Waals surface area (Å²) in [6.07, 6.45) is -3.72. The molecular weight excluding hydrogens is 705 g/mol. The molecule has 0 saturated heterocycles. The van der Waals surface area contributed by atoms with Crippen molar-refractivity contribution in [3.05, 3.63) is 69.4 Å². The molecule has 0 unspecified atom stereocenters. The third kappa shape index (κ3) is 7.27. The van der Waals surface area contributed by atoms with Crippen LogP contribution in [0.5, 0.6) is 0 Å². The molecule has 17 heteroatoms. The highest BCUT2D eigenvalue weighted by Gasteiger charge is 2.54. The van der Waals surface area contributed by atoms with E-state index in [9.17, 15) is 27.2 Å². The molecule has 0 saturated carbocycles. The van der Waals surface area contributed by atoms with Crippen molar-refractivity contribution in [2.24, 2.45) is 10.7 Å². The minimum absolute atomic E-state index is 0.00693. The van der Waals surface area contributed by atoms with Gasteiger partial charge in [-0.1, -0.05) is 45.7 Å². The van der Waals surface area contributed by atoms with Crippen LogP contribution in [-0.4, -0.2) is 61.9 Å². The van der Waals surface area contributed by atoms with Crippen LogP contribution < -0.4 is 11.1 Å². The summed E-state index contributed by atoms with van der Waals surface area (Å²) in [5.74, 6) is -1.46. The lowest BCUT2D eigenvalue weighted by Gasteiger charge is -2.34. The molecule has 2 aromatic carbocycles. The molecular formula is C29H30BrClF5N7O3. The van der Waals surface area contributed by atoms with Crippen LogP contribution in [0, 0.1) is 0 Å². The number of carbonyl (C=O) groups excluding carboxylic acids is 2. The third-order valence-corrected chi connectivity index (χ3v) is 8.01. The maximum absolute atomic E-state index is 15.3. The second-order valence-corrected chi connectivity index (χ2v) is 13.0. The van der Waals surface area contributed by atoms with E-state index in [1.807, 2.05) is 0 Å². The van der Waals surface area contributed by atoms with Gasteiger partial charge in [-0.3, -0.25) is 9.69 Å². The number of alkyl carbamates (subject to hydrolysis) is 1. The van der Waals surface area contributed by atoms with Crippen molar-refractivity contribution in [1.29, 1.82) is 0 Å². The van der Waals surface area contributed by atoms with Crippen molar-refractivity contribution in [2.75, 3.05) is 6.61 Å². The van der Waals surface area contributed by atoms with Gasteiger partial charge in [0.2, 0.25) is 0 Å². The molecule has 46 heavy (non-hydrogen) atoms. The first-order valence-corrected chi connectivity index (χ1v) is 14.9. The molecule has 1 aliphatic rings. The second kappa shape index (κ2) is 13.1. The van der Waals surface area contributed by atoms with Gasteiger partial charge in [0.05, 0.1) is 16.6 Å². The van der Waals surface area contributed by atoms with Gasteiger partial charge in [0.25, 0.3) is 12.3 Å². The highest BCUT2D eigenvalue weighted by Crippen LogP contribution is 2.44. The number of carbonyl (C=O) groups is 2. The molecule has 3 aromatic rings. The van der Waals surface area contributed by atoms with E-state index in [2.05, 4.69) is 36.3 Å². The quantitative estimate of drug-likeness (QED) is 0.210. The first-order chi connectivity index (χ1) is 21.4. The number of nitrogens with two attached hydrogens (primary N) is 1. The molecule has 0 bridgehead atoms. The number of hydrogen-bond acceptors (Lipinski definition) is 7. The number of ether oxygens (including phenoxy) is 1. The lowest BCUT2D eigenvalue weighted by molar-refractivity contribution is -0.135. The SMILES string of the molecule is CC(C)(F)C[C@]1(c2ccc(Br)cc2)N=C(N)N([C@H](COC(=O)NC(C)(C)C(F)F)c2ccc(Cl)c(-c3ncnn3C(F)F)c2)C1=O. The Morgan fingerprint density at radius 3 is 2.37 bits per heavy atom. The van der Waals surface area contributed by atoms with Gasteiger partial charge in [0.15, 0.2) is 17.3 Å². The monoisotopic (exact) mass is 733 g/mol. The Kier molecular flexibility index (Phi) is 10.0. The number of aliphatic imine (C=N–C) groups is 1. The van der Waals surface area contributed by atoms with Crippen LogP contribution in [0.4, 0.5) is 26.7 Å². The molecule has 4 rings (SSSR count). The molecule has 2 heterocycles. The van der Waals surface area contributed by atoms with E-state index in [1.165, 1.54) is 32.0 Å². The summed E-state index contributed by atoms with van der Waals surface area (Å²) in [6.45, 7) is 0.967. The molecule has 0 spiro atoms. The Morgan fingerprint density at radius 1 is 1.13 bits per heavy atom. The van der Waals surface area contributed by atoms with Gasteiger partial charge in [0.1, 0.15) is 18.6 Å². The Bertz CT molecular complexity index is 1630. The fraction of sp³-hybridized carbons (Fsp3) is 0.414. The lowest BCUT2D eigenvalue weighted by atomic mass is 9.81. The predicted octanol–water partition coefficient (Wildman–Crippen LogP) is 6.76. The van der Waals surface area contributed by atoms with Crippen molar-refractivity contribution in [3.63, 3.8) is 0 Å². The normalized spacial score (nSPS) is 17.9. The number of nitrogens with one attached hydrogen (secondary N) is 1. The van der Waals surface area contributed by atoms with Crippen LogP contribution in [-0.2, 0) is 15.1 Å². The van der Waals surface area contributed by atoms with Crippen molar-refractivity contribution >= 4 is 45.5 Å². The van der Waals surface area contributed by atoms with E-state index in [0.717, 1.165) is 25.1 Å². The fourth-order valence-corrected chi connectivity index (χ4v) is 5.44. The number of aromatic nitrogens is 3. The topological polar surface area (TPSA) is 128 Å². The Balaban J connectivity index is 1.83. The summed E-state index contributed by atoms with van der Waals surface area (Å²) in [5.41, 5.74) is 1.06. The highest BCUT2D eigenvalue weighted by atomic mass is 79.9. The van der Waals surface area contributed by atoms with Crippen LogP contribution in [0.2, 0.25) is 5.02 Å². The zero-order chi connectivity index (χ0) is 34.2. The number of nitrogens with zero attached hydrogens (tertiary/aromatic N) is 5. The Labute approximate surface area is 274 Å². The molecule has 0 radical (unpaired) electrons. The van der Waals surface area contributed by atoms with E-state index in [4.69, 9.17) is 22.1 Å². The summed E-state index contributed by atoms with van der Waals surface area (Å²) < 4.78 is 75.8. The van der Waals surface area contributed by atoms with Gasteiger partial charge in [-0.05, 0) is 63.1 Å². The first-order valence-electron chi connectivity index (χ1n) is 13.7. The molecule has 1 aromatic heterocycles. The minimum Gasteiger partial charge on any atom is -0.447 e. The van der Waals surface area contributed by atoms with Crippen molar-refractivity contribution in [2.45, 2.75) is 69.9 Å². The van der Waals surface area contributed by atoms with E-state index < -0.39 is 60.8 Å². The van der Waals surface area contributed by atoms with E-state index in [1.54, 1.807) is 24.3 Å². The molecule has 0 aliphatic carbocycles. The number of amides is 2. The van der Waals surface area contributed by atoms with Crippen LogP contribution in [0.25, 0.3) is 11.4 Å². The number of alkyl halides is 5. The van der Waals surface area contributed by atoms with Gasteiger partial charge in [-0.25, -0.2) is 27.9 Å². The summed E-state index contributed by atoms with van der Waals surface area (Å²) in [4.78, 5) is 36.4. The van der Waals surface area contributed by atoms with Crippen LogP contribution in [0.15, 0.2) is 58.3 Å². The smallest absolute Gasteiger partial charge is 0.407 e. The largest absolute Gasteiger partial charge is 0.447 e. The lowest BCUT2D eigenvalue weighted by Crippen LogP contribution is -2.50. The average molecular weight is 735 g/mol. The number of hydrogen-bond donors (Lipinski definition) is 2. The Hall–Kier alpha value is -3.79. The molecule has 2 atom stereocenters. The third-order valence-electron chi connectivity index (χ3n) is 7.15. The van der Waals surface area contributed by atoms with E-state index in [0.29, 0.717) is 14.7 Å². The molecule has 248 valence electrons. The summed E-state index contributed by atoms with van der Waals surface area (Å²) in [5, 5.41) is 5.58. The van der Waals surface area contributed by atoms with Crippen LogP contribution >= 0.6 is 27.5 Å². The van der Waals surface area contributed by atoms with Gasteiger partial charge < -0.3 is 15.8 Å². The number of rotatable bonds is 11. The van der Waals surface area contributed by atoms with Gasteiger partial charge >= 0.3 is 12.6 Å². The zero-order valence-corrected chi connectivity index (χ0v) is 27.3. The molecule has 2 amide bonds. The number of guanidine groups is 1. The minimum atomic E-state index is -3.07. The van der Waals surface area contributed by atoms with Crippen molar-refractivity contribution < 1.29 is 36.3 Å². The average Bonchev–Trinajstić information content (AvgIpc) is 3.52. The van der Waals surface area contributed by atoms with Gasteiger partial charge in [-0.15, -0.1) is 0 Å². The zero-order valence-electron chi connectivity index (χ0n) is 24.9. The summed E-state index contributed by atoms with van der Waals surface area (Å²) in [7, 11) is 0. The standard InChI is InChI=1S/C29H30BrClF5N7O3/c1-27(2,36)13-29(16-6-8-17(30)9-7-16)23(44)42(25(37)40-29)20(12-46-26(45)41-28(3,4)22(32)33)15-5-10-19(31)18(11-15)21-38-14-39-43(21)24(34)35/h5-11,14,20,22,24H,12-13H2,1-4H3,(H2,37,40)(H,41,45)/t20-,29-/m1/s1. The van der Waals surface area contributed by atoms with Crippen molar-refractivity contribution in [3.8, 4) is 11.4 Å².